The summed E-state index contributed by atoms with van der Waals surface area (Å²) in [6.45, 7) is 0.559. The lowest BCUT2D eigenvalue weighted by Gasteiger charge is -2.16. The van der Waals surface area contributed by atoms with Crippen LogP contribution in [0.5, 0.6) is 11.5 Å². The number of para-hydroxylation sites is 1. The molecule has 0 atom stereocenters. The summed E-state index contributed by atoms with van der Waals surface area (Å²) in [6.07, 6.45) is 1.43. The maximum absolute atomic E-state index is 12.3. The second kappa shape index (κ2) is 9.78. The second-order valence-corrected chi connectivity index (χ2v) is 7.37. The summed E-state index contributed by atoms with van der Waals surface area (Å²) in [7, 11) is 0. The van der Waals surface area contributed by atoms with E-state index in [1.165, 1.54) is 0 Å². The molecule has 32 heavy (non-hydrogen) atoms. The van der Waals surface area contributed by atoms with Crippen LogP contribution in [0.3, 0.4) is 0 Å². The minimum Gasteiger partial charge on any atom is -0.457 e. The van der Waals surface area contributed by atoms with Gasteiger partial charge in [-0.2, -0.15) is 0 Å². The molecule has 1 heterocycles. The maximum Gasteiger partial charge on any atom is 0.251 e. The van der Waals surface area contributed by atoms with Crippen LogP contribution in [-0.4, -0.2) is 30.8 Å². The van der Waals surface area contributed by atoms with Crippen LogP contribution in [0.25, 0.3) is 0 Å². The number of carbonyl (C=O) groups excluding carboxylic acids is 3. The number of anilines is 2. The lowest BCUT2D eigenvalue weighted by Crippen LogP contribution is -2.32. The molecule has 3 amide bonds. The van der Waals surface area contributed by atoms with Crippen molar-refractivity contribution in [2.45, 2.75) is 12.8 Å². The molecular weight excluding hydrogens is 406 g/mol. The fourth-order valence-electron chi connectivity index (χ4n) is 3.41. The highest BCUT2D eigenvalue weighted by molar-refractivity contribution is 5.99. The smallest absolute Gasteiger partial charge is 0.251 e. The fourth-order valence-corrected chi connectivity index (χ4v) is 3.41. The van der Waals surface area contributed by atoms with E-state index in [0.29, 0.717) is 29.2 Å². The molecule has 3 aromatic rings. The van der Waals surface area contributed by atoms with Gasteiger partial charge in [0, 0.05) is 29.9 Å². The largest absolute Gasteiger partial charge is 0.457 e. The molecule has 162 valence electrons. The van der Waals surface area contributed by atoms with Gasteiger partial charge < -0.3 is 20.3 Å². The van der Waals surface area contributed by atoms with Crippen molar-refractivity contribution in [2.24, 2.45) is 0 Å². The fraction of sp³-hybridized carbons (Fsp3) is 0.160. The van der Waals surface area contributed by atoms with Crippen LogP contribution in [0.4, 0.5) is 11.4 Å². The zero-order valence-electron chi connectivity index (χ0n) is 17.4. The van der Waals surface area contributed by atoms with Gasteiger partial charge in [0.25, 0.3) is 5.91 Å². The number of hydrogen-bond acceptors (Lipinski definition) is 4. The van der Waals surface area contributed by atoms with E-state index in [1.54, 1.807) is 53.4 Å². The molecule has 1 fully saturated rings. The maximum atomic E-state index is 12.3. The highest BCUT2D eigenvalue weighted by Crippen LogP contribution is 2.23. The molecule has 1 aliphatic heterocycles. The third-order valence-electron chi connectivity index (χ3n) is 5.04. The Hall–Kier alpha value is -4.13. The summed E-state index contributed by atoms with van der Waals surface area (Å²) in [6, 6.07) is 23.1. The molecule has 0 radical (unpaired) electrons. The van der Waals surface area contributed by atoms with Crippen molar-refractivity contribution >= 4 is 29.1 Å². The van der Waals surface area contributed by atoms with Crippen LogP contribution >= 0.6 is 0 Å². The molecular formula is C25H23N3O4. The first-order valence-corrected chi connectivity index (χ1v) is 10.4. The van der Waals surface area contributed by atoms with Gasteiger partial charge in [-0.1, -0.05) is 18.2 Å². The van der Waals surface area contributed by atoms with E-state index < -0.39 is 0 Å². The summed E-state index contributed by atoms with van der Waals surface area (Å²) in [5.74, 6) is 0.747. The predicted molar refractivity (Wildman–Crippen MR) is 122 cm³/mol. The molecule has 1 aliphatic rings. The second-order valence-electron chi connectivity index (χ2n) is 7.37. The molecule has 0 saturated carbocycles. The third kappa shape index (κ3) is 5.31. The van der Waals surface area contributed by atoms with Crippen molar-refractivity contribution in [2.75, 3.05) is 23.3 Å². The van der Waals surface area contributed by atoms with E-state index in [2.05, 4.69) is 10.6 Å². The highest BCUT2D eigenvalue weighted by atomic mass is 16.5. The summed E-state index contributed by atoms with van der Waals surface area (Å²) < 4.78 is 5.71. The summed E-state index contributed by atoms with van der Waals surface area (Å²) >= 11 is 0. The SMILES string of the molecule is O=C(CNC(=O)c1ccc(Oc2ccccc2)cc1)Nc1ccc(N2CCCC2=O)cc1. The number of hydrogen-bond donors (Lipinski definition) is 2. The van der Waals surface area contributed by atoms with Gasteiger partial charge in [0.2, 0.25) is 11.8 Å². The highest BCUT2D eigenvalue weighted by Gasteiger charge is 2.21. The number of amides is 3. The Balaban J connectivity index is 1.25. The number of benzene rings is 3. The van der Waals surface area contributed by atoms with Gasteiger partial charge in [0.1, 0.15) is 11.5 Å². The topological polar surface area (TPSA) is 87.7 Å². The summed E-state index contributed by atoms with van der Waals surface area (Å²) in [4.78, 5) is 38.1. The van der Waals surface area contributed by atoms with Gasteiger partial charge in [-0.15, -0.1) is 0 Å². The van der Waals surface area contributed by atoms with Crippen LogP contribution in [0.1, 0.15) is 23.2 Å². The van der Waals surface area contributed by atoms with Gasteiger partial charge in [0.05, 0.1) is 6.54 Å². The van der Waals surface area contributed by atoms with Crippen molar-refractivity contribution in [3.63, 3.8) is 0 Å². The molecule has 3 aromatic carbocycles. The Morgan fingerprint density at radius 3 is 2.22 bits per heavy atom. The van der Waals surface area contributed by atoms with Gasteiger partial charge in [0.15, 0.2) is 0 Å². The van der Waals surface area contributed by atoms with Gasteiger partial charge in [-0.3, -0.25) is 14.4 Å². The van der Waals surface area contributed by atoms with Crippen molar-refractivity contribution in [3.8, 4) is 11.5 Å². The minimum atomic E-state index is -0.352. The van der Waals surface area contributed by atoms with Gasteiger partial charge >= 0.3 is 0 Å². The molecule has 7 nitrogen and oxygen atoms in total. The number of ether oxygens (including phenoxy) is 1. The first-order valence-electron chi connectivity index (χ1n) is 10.4. The van der Waals surface area contributed by atoms with Gasteiger partial charge in [-0.25, -0.2) is 0 Å². The standard InChI is InChI=1S/C25H23N3O4/c29-23(27-19-10-12-20(13-11-19)28-16-4-7-24(28)30)17-26-25(31)18-8-14-22(15-9-18)32-21-5-2-1-3-6-21/h1-3,5-6,8-15H,4,7,16-17H2,(H,26,31)(H,27,29). The van der Waals surface area contributed by atoms with Crippen LogP contribution in [-0.2, 0) is 9.59 Å². The monoisotopic (exact) mass is 429 g/mol. The Labute approximate surface area is 186 Å². The lowest BCUT2D eigenvalue weighted by molar-refractivity contribution is -0.117. The van der Waals surface area contributed by atoms with E-state index >= 15 is 0 Å². The Morgan fingerprint density at radius 1 is 0.875 bits per heavy atom. The molecule has 1 saturated heterocycles. The first kappa shape index (κ1) is 21.1. The van der Waals surface area contributed by atoms with Crippen molar-refractivity contribution < 1.29 is 19.1 Å². The molecule has 0 bridgehead atoms. The van der Waals surface area contributed by atoms with E-state index in [4.69, 9.17) is 4.74 Å². The number of carbonyl (C=O) groups is 3. The zero-order chi connectivity index (χ0) is 22.3. The van der Waals surface area contributed by atoms with E-state index in [9.17, 15) is 14.4 Å². The quantitative estimate of drug-likeness (QED) is 0.595. The van der Waals surface area contributed by atoms with Crippen LogP contribution in [0.15, 0.2) is 78.9 Å². The van der Waals surface area contributed by atoms with E-state index in [-0.39, 0.29) is 24.3 Å². The molecule has 0 aromatic heterocycles. The molecule has 7 heteroatoms. The Morgan fingerprint density at radius 2 is 1.56 bits per heavy atom. The summed E-state index contributed by atoms with van der Waals surface area (Å²) in [5.41, 5.74) is 1.85. The Bertz CT molecular complexity index is 1100. The van der Waals surface area contributed by atoms with Crippen molar-refractivity contribution in [3.05, 3.63) is 84.4 Å². The molecule has 0 spiro atoms. The predicted octanol–water partition coefficient (Wildman–Crippen LogP) is 3.97. The van der Waals surface area contributed by atoms with Gasteiger partial charge in [-0.05, 0) is 67.1 Å². The number of rotatable bonds is 7. The normalized spacial score (nSPS) is 13.0. The van der Waals surface area contributed by atoms with Crippen LogP contribution < -0.4 is 20.3 Å². The molecule has 2 N–H and O–H groups in total. The van der Waals surface area contributed by atoms with Crippen LogP contribution in [0, 0.1) is 0 Å². The zero-order valence-corrected chi connectivity index (χ0v) is 17.4. The van der Waals surface area contributed by atoms with Crippen LogP contribution in [0.2, 0.25) is 0 Å². The Kier molecular flexibility index (Phi) is 6.46. The summed E-state index contributed by atoms with van der Waals surface area (Å²) in [5, 5.41) is 5.34. The van der Waals surface area contributed by atoms with Crippen molar-refractivity contribution in [1.29, 1.82) is 0 Å². The number of nitrogens with zero attached hydrogens (tertiary/aromatic N) is 1. The first-order chi connectivity index (χ1) is 15.6. The molecule has 0 unspecified atom stereocenters. The molecule has 0 aliphatic carbocycles. The lowest BCUT2D eigenvalue weighted by atomic mass is 10.2. The van der Waals surface area contributed by atoms with E-state index in [0.717, 1.165) is 18.7 Å². The average molecular weight is 429 g/mol. The minimum absolute atomic E-state index is 0.115. The number of nitrogens with one attached hydrogen (secondary N) is 2. The molecule has 4 rings (SSSR count). The average Bonchev–Trinajstić information content (AvgIpc) is 3.25. The third-order valence-corrected chi connectivity index (χ3v) is 5.04. The van der Waals surface area contributed by atoms with Crippen molar-refractivity contribution in [1.82, 2.24) is 5.32 Å². The van der Waals surface area contributed by atoms with E-state index in [1.807, 2.05) is 30.3 Å².